The van der Waals surface area contributed by atoms with Crippen LogP contribution in [0.2, 0.25) is 0 Å². The first-order valence-electron chi connectivity index (χ1n) is 8.87. The van der Waals surface area contributed by atoms with Crippen molar-refractivity contribution in [3.63, 3.8) is 0 Å². The Labute approximate surface area is 147 Å². The summed E-state index contributed by atoms with van der Waals surface area (Å²) in [5, 5.41) is 15.0. The second kappa shape index (κ2) is 7.25. The molecule has 1 fully saturated rings. The van der Waals surface area contributed by atoms with Gasteiger partial charge < -0.3 is 15.7 Å². The minimum atomic E-state index is -0.812. The molecule has 1 saturated carbocycles. The van der Waals surface area contributed by atoms with Crippen molar-refractivity contribution in [2.75, 3.05) is 6.54 Å². The third kappa shape index (κ3) is 4.00. The molecule has 1 heterocycles. The van der Waals surface area contributed by atoms with Crippen LogP contribution in [0.3, 0.4) is 0 Å². The smallest absolute Gasteiger partial charge is 0.303 e. The van der Waals surface area contributed by atoms with Crippen molar-refractivity contribution in [3.05, 3.63) is 35.4 Å². The fourth-order valence-corrected chi connectivity index (χ4v) is 4.06. The molecular weight excluding hydrogens is 320 g/mol. The van der Waals surface area contributed by atoms with Crippen LogP contribution in [0.1, 0.15) is 66.9 Å². The van der Waals surface area contributed by atoms with E-state index in [1.165, 1.54) is 0 Å². The van der Waals surface area contributed by atoms with Gasteiger partial charge in [0.2, 0.25) is 5.91 Å². The lowest BCUT2D eigenvalue weighted by Crippen LogP contribution is -2.41. The molecule has 0 spiro atoms. The first-order chi connectivity index (χ1) is 12.0. The SMILES string of the molecule is O=C(O)CC1(CNC(=O)CC2NC(=O)c3ccccc32)CCCCC1. The van der Waals surface area contributed by atoms with Gasteiger partial charge in [-0.1, -0.05) is 37.5 Å². The fraction of sp³-hybridized carbons (Fsp3) is 0.526. The molecule has 2 amide bonds. The molecule has 3 rings (SSSR count). The highest BCUT2D eigenvalue weighted by Gasteiger charge is 2.35. The number of rotatable bonds is 6. The first-order valence-corrected chi connectivity index (χ1v) is 8.87. The van der Waals surface area contributed by atoms with Crippen molar-refractivity contribution < 1.29 is 19.5 Å². The molecule has 1 aromatic carbocycles. The Hall–Kier alpha value is -2.37. The normalized spacial score (nSPS) is 21.3. The number of carbonyl (C=O) groups is 3. The van der Waals surface area contributed by atoms with Crippen LogP contribution >= 0.6 is 0 Å². The van der Waals surface area contributed by atoms with Gasteiger partial charge in [0.15, 0.2) is 0 Å². The summed E-state index contributed by atoms with van der Waals surface area (Å²) in [4.78, 5) is 35.5. The number of fused-ring (bicyclic) bond motifs is 1. The standard InChI is InChI=1S/C19H24N2O4/c22-16(10-15-13-6-2-3-7-14(13)18(25)21-15)20-12-19(11-17(23)24)8-4-1-5-9-19/h2-3,6-7,15H,1,4-5,8-12H2,(H,20,22)(H,21,25)(H,23,24). The minimum absolute atomic E-state index is 0.0935. The van der Waals surface area contributed by atoms with Gasteiger partial charge in [0.1, 0.15) is 0 Å². The second-order valence-electron chi connectivity index (χ2n) is 7.23. The molecule has 0 aromatic heterocycles. The molecule has 6 heteroatoms. The van der Waals surface area contributed by atoms with E-state index in [4.69, 9.17) is 0 Å². The van der Waals surface area contributed by atoms with Crippen molar-refractivity contribution in [1.29, 1.82) is 0 Å². The van der Waals surface area contributed by atoms with Crippen molar-refractivity contribution in [1.82, 2.24) is 10.6 Å². The Morgan fingerprint density at radius 3 is 2.64 bits per heavy atom. The lowest BCUT2D eigenvalue weighted by Gasteiger charge is -2.36. The Morgan fingerprint density at radius 2 is 1.92 bits per heavy atom. The molecule has 0 radical (unpaired) electrons. The van der Waals surface area contributed by atoms with Gasteiger partial charge in [-0.3, -0.25) is 14.4 Å². The highest BCUT2D eigenvalue weighted by atomic mass is 16.4. The molecule has 134 valence electrons. The maximum Gasteiger partial charge on any atom is 0.303 e. The summed E-state index contributed by atoms with van der Waals surface area (Å²) in [6.07, 6.45) is 5.08. The Bertz CT molecular complexity index is 680. The molecule has 0 saturated heterocycles. The molecule has 1 aromatic rings. The third-order valence-electron chi connectivity index (χ3n) is 5.38. The van der Waals surface area contributed by atoms with Crippen LogP contribution in [-0.4, -0.2) is 29.4 Å². The van der Waals surface area contributed by atoms with Gasteiger partial charge in [-0.05, 0) is 29.9 Å². The van der Waals surface area contributed by atoms with Crippen LogP contribution in [0.5, 0.6) is 0 Å². The highest BCUT2D eigenvalue weighted by molar-refractivity contribution is 5.99. The van der Waals surface area contributed by atoms with Crippen LogP contribution in [0.4, 0.5) is 0 Å². The summed E-state index contributed by atoms with van der Waals surface area (Å²) >= 11 is 0. The molecular formula is C19H24N2O4. The lowest BCUT2D eigenvalue weighted by molar-refractivity contribution is -0.140. The fourth-order valence-electron chi connectivity index (χ4n) is 4.06. The van der Waals surface area contributed by atoms with E-state index in [1.54, 1.807) is 12.1 Å². The number of nitrogens with one attached hydrogen (secondary N) is 2. The van der Waals surface area contributed by atoms with Crippen LogP contribution < -0.4 is 10.6 Å². The van der Waals surface area contributed by atoms with Crippen molar-refractivity contribution in [2.45, 2.75) is 51.0 Å². The van der Waals surface area contributed by atoms with Crippen molar-refractivity contribution in [3.8, 4) is 0 Å². The van der Waals surface area contributed by atoms with E-state index in [2.05, 4.69) is 10.6 Å². The molecule has 1 aliphatic carbocycles. The van der Waals surface area contributed by atoms with Crippen LogP contribution in [-0.2, 0) is 9.59 Å². The molecule has 1 aliphatic heterocycles. The molecule has 3 N–H and O–H groups in total. The average Bonchev–Trinajstić information content (AvgIpc) is 2.90. The number of aliphatic carboxylic acids is 1. The van der Waals surface area contributed by atoms with E-state index in [-0.39, 0.29) is 36.1 Å². The first kappa shape index (κ1) is 17.5. The van der Waals surface area contributed by atoms with Gasteiger partial charge in [0.25, 0.3) is 5.91 Å². The van der Waals surface area contributed by atoms with Gasteiger partial charge in [0, 0.05) is 12.1 Å². The van der Waals surface area contributed by atoms with Crippen molar-refractivity contribution >= 4 is 17.8 Å². The zero-order valence-corrected chi connectivity index (χ0v) is 14.2. The quantitative estimate of drug-likeness (QED) is 0.738. The van der Waals surface area contributed by atoms with E-state index in [0.717, 1.165) is 37.7 Å². The Balaban J connectivity index is 1.59. The Kier molecular flexibility index (Phi) is 5.06. The summed E-state index contributed by atoms with van der Waals surface area (Å²) in [5.74, 6) is -1.12. The minimum Gasteiger partial charge on any atom is -0.481 e. The third-order valence-corrected chi connectivity index (χ3v) is 5.38. The number of carboxylic acids is 1. The van der Waals surface area contributed by atoms with Gasteiger partial charge >= 0.3 is 5.97 Å². The van der Waals surface area contributed by atoms with Gasteiger partial charge in [-0.2, -0.15) is 0 Å². The molecule has 6 nitrogen and oxygen atoms in total. The highest BCUT2D eigenvalue weighted by Crippen LogP contribution is 2.39. The van der Waals surface area contributed by atoms with Crippen molar-refractivity contribution in [2.24, 2.45) is 5.41 Å². The number of amides is 2. The molecule has 2 aliphatic rings. The van der Waals surface area contributed by atoms with E-state index < -0.39 is 5.97 Å². The number of carboxylic acid groups (broad SMARTS) is 1. The average molecular weight is 344 g/mol. The van der Waals surface area contributed by atoms with Crippen LogP contribution in [0, 0.1) is 5.41 Å². The zero-order valence-electron chi connectivity index (χ0n) is 14.2. The van der Waals surface area contributed by atoms with Gasteiger partial charge in [-0.15, -0.1) is 0 Å². The maximum absolute atomic E-state index is 12.4. The second-order valence-corrected chi connectivity index (χ2v) is 7.23. The zero-order chi connectivity index (χ0) is 17.9. The number of hydrogen-bond donors (Lipinski definition) is 3. The monoisotopic (exact) mass is 344 g/mol. The molecule has 1 atom stereocenters. The molecule has 0 bridgehead atoms. The van der Waals surface area contributed by atoms with E-state index in [0.29, 0.717) is 12.1 Å². The largest absolute Gasteiger partial charge is 0.481 e. The molecule has 25 heavy (non-hydrogen) atoms. The lowest BCUT2D eigenvalue weighted by atomic mass is 9.71. The maximum atomic E-state index is 12.4. The number of benzene rings is 1. The van der Waals surface area contributed by atoms with Gasteiger partial charge in [0.05, 0.1) is 18.9 Å². The van der Waals surface area contributed by atoms with Gasteiger partial charge in [-0.25, -0.2) is 0 Å². The van der Waals surface area contributed by atoms with Crippen LogP contribution in [0.15, 0.2) is 24.3 Å². The van der Waals surface area contributed by atoms with E-state index in [9.17, 15) is 19.5 Å². The predicted octanol–water partition coefficient (Wildman–Crippen LogP) is 2.40. The predicted molar refractivity (Wildman–Crippen MR) is 92.0 cm³/mol. The van der Waals surface area contributed by atoms with E-state index >= 15 is 0 Å². The summed E-state index contributed by atoms with van der Waals surface area (Å²) in [6, 6.07) is 6.96. The van der Waals surface area contributed by atoms with E-state index in [1.807, 2.05) is 12.1 Å². The summed E-state index contributed by atoms with van der Waals surface area (Å²) < 4.78 is 0. The van der Waals surface area contributed by atoms with Crippen LogP contribution in [0.25, 0.3) is 0 Å². The Morgan fingerprint density at radius 1 is 1.20 bits per heavy atom. The molecule has 1 unspecified atom stereocenters. The number of carbonyl (C=O) groups excluding carboxylic acids is 2. The summed E-state index contributed by atoms with van der Waals surface area (Å²) in [6.45, 7) is 0.389. The summed E-state index contributed by atoms with van der Waals surface area (Å²) in [5.41, 5.74) is 1.13. The summed E-state index contributed by atoms with van der Waals surface area (Å²) in [7, 11) is 0. The number of hydrogen-bond acceptors (Lipinski definition) is 3. The topological polar surface area (TPSA) is 95.5 Å².